The minimum atomic E-state index is -2.75. The molecule has 0 N–H and O–H groups in total. The number of hydrogen-bond acceptors (Lipinski definition) is 1. The quantitative estimate of drug-likeness (QED) is 0.240. The average molecular weight is 414 g/mol. The number of halogens is 3. The van der Waals surface area contributed by atoms with Gasteiger partial charge in [0, 0.05) is 0 Å². The molecule has 0 aromatic heterocycles. The molecule has 1 saturated heterocycles. The van der Waals surface area contributed by atoms with Gasteiger partial charge in [-0.25, -0.2) is 0 Å². The van der Waals surface area contributed by atoms with Gasteiger partial charge in [0.05, 0.1) is 0 Å². The van der Waals surface area contributed by atoms with Crippen molar-refractivity contribution in [3.05, 3.63) is 29.8 Å². The van der Waals surface area contributed by atoms with Crippen molar-refractivity contribution in [2.75, 3.05) is 0 Å². The van der Waals surface area contributed by atoms with Crippen LogP contribution < -0.4 is 4.74 Å². The van der Waals surface area contributed by atoms with Crippen molar-refractivity contribution in [2.24, 2.45) is 11.8 Å². The van der Waals surface area contributed by atoms with Crippen LogP contribution >= 0.6 is 11.1 Å². The van der Waals surface area contributed by atoms with E-state index in [-0.39, 0.29) is 5.75 Å². The number of unbranched alkanes of at least 4 members (excludes halogenated alkanes) is 1. The van der Waals surface area contributed by atoms with Gasteiger partial charge in [0.1, 0.15) is 5.75 Å². The third-order valence-corrected chi connectivity index (χ3v) is 9.34. The minimum Gasteiger partial charge on any atom is -0.435 e. The zero-order valence-electron chi connectivity index (χ0n) is 16.1. The van der Waals surface area contributed by atoms with Crippen molar-refractivity contribution in [3.63, 3.8) is 0 Å². The summed E-state index contributed by atoms with van der Waals surface area (Å²) in [5.41, 5.74) is 1.27. The zero-order valence-corrected chi connectivity index (χ0v) is 17.9. The van der Waals surface area contributed by atoms with E-state index in [2.05, 4.69) is 4.74 Å². The third kappa shape index (κ3) is 7.05. The molecule has 1 saturated carbocycles. The smallest absolute Gasteiger partial charge is 0.387 e. The maximum absolute atomic E-state index is 12.2. The van der Waals surface area contributed by atoms with Gasteiger partial charge in [0.25, 0.3) is 0 Å². The zero-order chi connectivity index (χ0) is 19.1. The summed E-state index contributed by atoms with van der Waals surface area (Å²) in [6.07, 6.45) is 13.4. The topological polar surface area (TPSA) is 9.23 Å². The Kier molecular flexibility index (Phi) is 8.44. The summed E-state index contributed by atoms with van der Waals surface area (Å²) < 4.78 is 28.9. The maximum atomic E-state index is 12.2. The van der Waals surface area contributed by atoms with Gasteiger partial charge in [-0.1, -0.05) is 50.7 Å². The van der Waals surface area contributed by atoms with E-state index in [0.717, 1.165) is 11.8 Å². The van der Waals surface area contributed by atoms with E-state index < -0.39 is 14.7 Å². The number of alkyl halides is 2. The van der Waals surface area contributed by atoms with Crippen LogP contribution in [0, 0.1) is 11.8 Å². The van der Waals surface area contributed by atoms with E-state index in [0.29, 0.717) is 5.92 Å². The highest BCUT2D eigenvalue weighted by Crippen LogP contribution is 2.38. The Balaban J connectivity index is 1.30. The van der Waals surface area contributed by atoms with Crippen LogP contribution in [-0.2, 0) is 0 Å². The Bertz CT molecular complexity index is 538. The average Bonchev–Trinajstić information content (AvgIpc) is 2.67. The molecule has 0 unspecified atom stereocenters. The molecule has 3 rings (SSSR count). The number of ether oxygens (including phenoxy) is 1. The molecule has 0 atom stereocenters. The van der Waals surface area contributed by atoms with Gasteiger partial charge in [-0.3, -0.25) is 0 Å². The third-order valence-electron chi connectivity index (χ3n) is 6.55. The maximum Gasteiger partial charge on any atom is 0.387 e. The van der Waals surface area contributed by atoms with Crippen LogP contribution in [-0.4, -0.2) is 14.7 Å². The van der Waals surface area contributed by atoms with Crippen LogP contribution in [0.5, 0.6) is 5.75 Å². The molecule has 0 bridgehead atoms. The molecule has 2 fully saturated rings. The monoisotopic (exact) mass is 413 g/mol. The lowest BCUT2D eigenvalue weighted by atomic mass is 9.77. The standard InChI is InChI=1S/C22H32ClF2OSi/c23-27-15-13-18(14-16-27)4-2-1-3-17-5-7-19(8-6-17)20-9-11-21(12-10-20)26-22(24)25/h9-12,17-19,22H,1-8,13-16H2. The largest absolute Gasteiger partial charge is 0.435 e. The molecule has 27 heavy (non-hydrogen) atoms. The highest BCUT2D eigenvalue weighted by Gasteiger charge is 2.23. The SMILES string of the molecule is FC(F)Oc1ccc(C2CCC(CCCCC3CC[Si](Cl)CC3)CC2)cc1. The van der Waals surface area contributed by atoms with E-state index in [4.69, 9.17) is 11.1 Å². The molecule has 1 radical (unpaired) electrons. The molecule has 5 heteroatoms. The van der Waals surface area contributed by atoms with Crippen LogP contribution in [0.3, 0.4) is 0 Å². The van der Waals surface area contributed by atoms with Crippen LogP contribution in [0.15, 0.2) is 24.3 Å². The Morgan fingerprint density at radius 2 is 1.44 bits per heavy atom. The molecule has 1 nitrogen and oxygen atoms in total. The predicted octanol–water partition coefficient (Wildman–Crippen LogP) is 7.76. The molecule has 151 valence electrons. The second-order valence-corrected chi connectivity index (χ2v) is 12.0. The summed E-state index contributed by atoms with van der Waals surface area (Å²) in [5, 5.41) is 0. The van der Waals surface area contributed by atoms with E-state index in [1.54, 1.807) is 12.1 Å². The fourth-order valence-corrected chi connectivity index (χ4v) is 7.20. The van der Waals surface area contributed by atoms with Crippen molar-refractivity contribution in [2.45, 2.75) is 88.8 Å². The van der Waals surface area contributed by atoms with Crippen LogP contribution in [0.4, 0.5) is 8.78 Å². The van der Waals surface area contributed by atoms with Gasteiger partial charge >= 0.3 is 6.61 Å². The second kappa shape index (κ2) is 10.8. The number of rotatable bonds is 8. The van der Waals surface area contributed by atoms with Crippen molar-refractivity contribution in [1.82, 2.24) is 0 Å². The van der Waals surface area contributed by atoms with Crippen LogP contribution in [0.1, 0.15) is 75.7 Å². The van der Waals surface area contributed by atoms with Gasteiger partial charge in [0.2, 0.25) is 0 Å². The van der Waals surface area contributed by atoms with Crippen LogP contribution in [0.2, 0.25) is 12.1 Å². The fourth-order valence-electron chi connectivity index (χ4n) is 4.85. The summed E-state index contributed by atoms with van der Waals surface area (Å²) in [4.78, 5) is 0. The lowest BCUT2D eigenvalue weighted by Crippen LogP contribution is -2.16. The molecule has 0 spiro atoms. The van der Waals surface area contributed by atoms with Gasteiger partial charge in [0.15, 0.2) is 8.11 Å². The first-order valence-electron chi connectivity index (χ1n) is 10.6. The number of benzene rings is 1. The molecule has 2 aliphatic rings. The fraction of sp³-hybridized carbons (Fsp3) is 0.727. The summed E-state index contributed by atoms with van der Waals surface area (Å²) in [7, 11) is -0.476. The highest BCUT2D eigenvalue weighted by atomic mass is 35.6. The van der Waals surface area contributed by atoms with E-state index >= 15 is 0 Å². The normalized spacial score (nSPS) is 25.0. The van der Waals surface area contributed by atoms with Crippen molar-refractivity contribution >= 4 is 19.2 Å². The van der Waals surface area contributed by atoms with E-state index in [9.17, 15) is 8.78 Å². The molecular weight excluding hydrogens is 382 g/mol. The van der Waals surface area contributed by atoms with Gasteiger partial charge < -0.3 is 4.74 Å². The molecular formula is C22H32ClF2OSi. The second-order valence-electron chi connectivity index (χ2n) is 8.41. The van der Waals surface area contributed by atoms with E-state index in [1.165, 1.54) is 81.9 Å². The number of hydrogen-bond donors (Lipinski definition) is 0. The van der Waals surface area contributed by atoms with Gasteiger partial charge in [-0.05, 0) is 73.2 Å². The highest BCUT2D eigenvalue weighted by molar-refractivity contribution is 7.07. The summed E-state index contributed by atoms with van der Waals surface area (Å²) in [6.45, 7) is -2.75. The molecule has 1 heterocycles. The molecule has 1 aliphatic carbocycles. The summed E-state index contributed by atoms with van der Waals surface area (Å²) in [6, 6.07) is 9.90. The van der Waals surface area contributed by atoms with Gasteiger partial charge in [-0.15, -0.1) is 0 Å². The van der Waals surface area contributed by atoms with Gasteiger partial charge in [-0.2, -0.15) is 19.9 Å². The van der Waals surface area contributed by atoms with Crippen molar-refractivity contribution in [1.29, 1.82) is 0 Å². The summed E-state index contributed by atoms with van der Waals surface area (Å²) >= 11 is 6.29. The Morgan fingerprint density at radius 1 is 0.889 bits per heavy atom. The first kappa shape index (κ1) is 21.1. The molecule has 1 aromatic carbocycles. The Hall–Kier alpha value is -0.613. The lowest BCUT2D eigenvalue weighted by molar-refractivity contribution is -0.0498. The lowest BCUT2D eigenvalue weighted by Gasteiger charge is -2.29. The van der Waals surface area contributed by atoms with Crippen molar-refractivity contribution in [3.8, 4) is 5.75 Å². The van der Waals surface area contributed by atoms with E-state index in [1.807, 2.05) is 12.1 Å². The molecule has 1 aliphatic heterocycles. The predicted molar refractivity (Wildman–Crippen MR) is 110 cm³/mol. The first-order chi connectivity index (χ1) is 13.1. The summed E-state index contributed by atoms with van der Waals surface area (Å²) in [5.74, 6) is 2.66. The minimum absolute atomic E-state index is 0.253. The molecule has 0 amide bonds. The first-order valence-corrected chi connectivity index (χ1v) is 13.6. The Morgan fingerprint density at radius 3 is 2.00 bits per heavy atom. The van der Waals surface area contributed by atoms with Crippen LogP contribution in [0.25, 0.3) is 0 Å². The van der Waals surface area contributed by atoms with Crippen molar-refractivity contribution < 1.29 is 13.5 Å². The molecule has 1 aromatic rings. The Labute approximate surface area is 169 Å².